The summed E-state index contributed by atoms with van der Waals surface area (Å²) in [5, 5.41) is 3.30. The fraction of sp³-hybridized carbons (Fsp3) is 0.192. The summed E-state index contributed by atoms with van der Waals surface area (Å²) in [6.07, 6.45) is 1.84. The fourth-order valence-electron chi connectivity index (χ4n) is 3.86. The maximum Gasteiger partial charge on any atom is 0.329 e. The minimum absolute atomic E-state index is 0.243. The summed E-state index contributed by atoms with van der Waals surface area (Å²) in [4.78, 5) is 41.9. The van der Waals surface area contributed by atoms with Gasteiger partial charge in [-0.25, -0.2) is 9.36 Å². The molecule has 0 spiro atoms. The highest BCUT2D eigenvalue weighted by molar-refractivity contribution is 5.82. The molecule has 1 aromatic heterocycles. The molecular weight excluding hydrogens is 402 g/mol. The van der Waals surface area contributed by atoms with Crippen LogP contribution in [0.5, 0.6) is 0 Å². The molecule has 0 saturated heterocycles. The molecule has 2 N–H and O–H groups in total. The SMILES string of the molecule is O=C(NCCCc1ccccc1)[C@@H](Cc1ccccc1)n1c(=O)[nH]c2ccccc2c1=O. The van der Waals surface area contributed by atoms with Crippen molar-refractivity contribution < 1.29 is 4.79 Å². The molecule has 0 aliphatic carbocycles. The van der Waals surface area contributed by atoms with Crippen LogP contribution in [0, 0.1) is 0 Å². The molecule has 0 fully saturated rings. The molecule has 0 radical (unpaired) electrons. The van der Waals surface area contributed by atoms with E-state index in [9.17, 15) is 14.4 Å². The Morgan fingerprint density at radius 3 is 2.19 bits per heavy atom. The van der Waals surface area contributed by atoms with Gasteiger partial charge in [0.2, 0.25) is 5.91 Å². The molecule has 3 aromatic carbocycles. The second-order valence-corrected chi connectivity index (χ2v) is 7.74. The molecule has 6 heteroatoms. The van der Waals surface area contributed by atoms with Gasteiger partial charge in [-0.2, -0.15) is 0 Å². The molecule has 0 aliphatic heterocycles. The number of hydrogen-bond acceptors (Lipinski definition) is 3. The monoisotopic (exact) mass is 427 g/mol. The number of aryl methyl sites for hydroxylation is 1. The molecular formula is C26H25N3O3. The molecule has 1 heterocycles. The van der Waals surface area contributed by atoms with E-state index in [2.05, 4.69) is 10.3 Å². The number of rotatable bonds is 8. The lowest BCUT2D eigenvalue weighted by Gasteiger charge is -2.19. The first-order valence-electron chi connectivity index (χ1n) is 10.7. The van der Waals surface area contributed by atoms with E-state index in [1.807, 2.05) is 60.7 Å². The number of benzene rings is 3. The highest BCUT2D eigenvalue weighted by Crippen LogP contribution is 2.14. The van der Waals surface area contributed by atoms with Gasteiger partial charge in [-0.1, -0.05) is 72.8 Å². The third kappa shape index (κ3) is 4.86. The van der Waals surface area contributed by atoms with Crippen molar-refractivity contribution >= 4 is 16.8 Å². The highest BCUT2D eigenvalue weighted by Gasteiger charge is 2.25. The normalized spacial score (nSPS) is 11.9. The van der Waals surface area contributed by atoms with Gasteiger partial charge in [0.25, 0.3) is 5.56 Å². The zero-order valence-electron chi connectivity index (χ0n) is 17.7. The zero-order valence-corrected chi connectivity index (χ0v) is 17.7. The Morgan fingerprint density at radius 1 is 0.844 bits per heavy atom. The highest BCUT2D eigenvalue weighted by atomic mass is 16.2. The number of nitrogens with zero attached hydrogens (tertiary/aromatic N) is 1. The van der Waals surface area contributed by atoms with E-state index < -0.39 is 17.3 Å². The van der Waals surface area contributed by atoms with Crippen molar-refractivity contribution in [2.24, 2.45) is 0 Å². The van der Waals surface area contributed by atoms with Crippen LogP contribution in [0.1, 0.15) is 23.6 Å². The quantitative estimate of drug-likeness (QED) is 0.424. The first-order valence-corrected chi connectivity index (χ1v) is 10.7. The summed E-state index contributed by atoms with van der Waals surface area (Å²) in [7, 11) is 0. The molecule has 0 bridgehead atoms. The van der Waals surface area contributed by atoms with Crippen molar-refractivity contribution in [3.63, 3.8) is 0 Å². The maximum atomic E-state index is 13.2. The average molecular weight is 428 g/mol. The molecule has 4 rings (SSSR count). The van der Waals surface area contributed by atoms with Crippen LogP contribution in [-0.2, 0) is 17.6 Å². The van der Waals surface area contributed by atoms with E-state index in [-0.39, 0.29) is 12.3 Å². The molecule has 162 valence electrons. The van der Waals surface area contributed by atoms with Gasteiger partial charge in [0.15, 0.2) is 0 Å². The van der Waals surface area contributed by atoms with Gasteiger partial charge in [-0.3, -0.25) is 9.59 Å². The van der Waals surface area contributed by atoms with E-state index in [0.717, 1.165) is 23.0 Å². The van der Waals surface area contributed by atoms with E-state index in [4.69, 9.17) is 0 Å². The molecule has 0 saturated carbocycles. The number of H-pyrrole nitrogens is 1. The zero-order chi connectivity index (χ0) is 22.3. The molecule has 6 nitrogen and oxygen atoms in total. The lowest BCUT2D eigenvalue weighted by Crippen LogP contribution is -2.45. The van der Waals surface area contributed by atoms with Crippen LogP contribution in [0.15, 0.2) is 94.5 Å². The Labute approximate surface area is 185 Å². The van der Waals surface area contributed by atoms with Gasteiger partial charge in [0.1, 0.15) is 6.04 Å². The number of nitrogens with one attached hydrogen (secondary N) is 2. The van der Waals surface area contributed by atoms with Crippen molar-refractivity contribution in [3.8, 4) is 0 Å². The van der Waals surface area contributed by atoms with Gasteiger partial charge < -0.3 is 10.3 Å². The maximum absolute atomic E-state index is 13.2. The van der Waals surface area contributed by atoms with Crippen LogP contribution in [-0.4, -0.2) is 22.0 Å². The van der Waals surface area contributed by atoms with E-state index in [0.29, 0.717) is 17.4 Å². The molecule has 32 heavy (non-hydrogen) atoms. The first kappa shape index (κ1) is 21.3. The van der Waals surface area contributed by atoms with Crippen molar-refractivity contribution in [1.29, 1.82) is 0 Å². The number of carbonyl (C=O) groups is 1. The van der Waals surface area contributed by atoms with Gasteiger partial charge in [0.05, 0.1) is 10.9 Å². The minimum Gasteiger partial charge on any atom is -0.354 e. The molecule has 1 atom stereocenters. The molecule has 1 amide bonds. The van der Waals surface area contributed by atoms with Crippen LogP contribution in [0.2, 0.25) is 0 Å². The smallest absolute Gasteiger partial charge is 0.329 e. The van der Waals surface area contributed by atoms with Crippen molar-refractivity contribution in [1.82, 2.24) is 14.9 Å². The van der Waals surface area contributed by atoms with Crippen molar-refractivity contribution in [3.05, 3.63) is 117 Å². The third-order valence-corrected chi connectivity index (χ3v) is 5.51. The summed E-state index contributed by atoms with van der Waals surface area (Å²) in [6.45, 7) is 0.458. The number of para-hydroxylation sites is 1. The summed E-state index contributed by atoms with van der Waals surface area (Å²) in [5.74, 6) is -0.343. The molecule has 0 aliphatic rings. The number of aromatic amines is 1. The second-order valence-electron chi connectivity index (χ2n) is 7.74. The van der Waals surface area contributed by atoms with Gasteiger partial charge in [0, 0.05) is 13.0 Å². The summed E-state index contributed by atoms with van der Waals surface area (Å²) in [6, 6.07) is 25.3. The van der Waals surface area contributed by atoms with Gasteiger partial charge in [-0.05, 0) is 36.1 Å². The van der Waals surface area contributed by atoms with Gasteiger partial charge in [-0.15, -0.1) is 0 Å². The predicted molar refractivity (Wildman–Crippen MR) is 126 cm³/mol. The number of hydrogen-bond donors (Lipinski definition) is 2. The summed E-state index contributed by atoms with van der Waals surface area (Å²) >= 11 is 0. The standard InChI is InChI=1S/C26H25N3O3/c30-24(27-17-9-14-19-10-3-1-4-11-19)23(18-20-12-5-2-6-13-20)29-25(31)21-15-7-8-16-22(21)28-26(29)32/h1-8,10-13,15-16,23H,9,14,17-18H2,(H,27,30)(H,28,32)/t23-/m1/s1. The van der Waals surface area contributed by atoms with Crippen LogP contribution < -0.4 is 16.6 Å². The fourth-order valence-corrected chi connectivity index (χ4v) is 3.86. The number of carbonyl (C=O) groups excluding carboxylic acids is 1. The van der Waals surface area contributed by atoms with E-state index >= 15 is 0 Å². The second kappa shape index (κ2) is 9.92. The Morgan fingerprint density at radius 2 is 1.47 bits per heavy atom. The van der Waals surface area contributed by atoms with Crippen molar-refractivity contribution in [2.45, 2.75) is 25.3 Å². The first-order chi connectivity index (χ1) is 15.6. The Kier molecular flexibility index (Phi) is 6.60. The lowest BCUT2D eigenvalue weighted by molar-refractivity contribution is -0.124. The Hall–Kier alpha value is -3.93. The largest absolute Gasteiger partial charge is 0.354 e. The number of fused-ring (bicyclic) bond motifs is 1. The van der Waals surface area contributed by atoms with Crippen LogP contribution >= 0.6 is 0 Å². The van der Waals surface area contributed by atoms with E-state index in [1.165, 1.54) is 5.56 Å². The summed E-state index contributed by atoms with van der Waals surface area (Å²) < 4.78 is 1.04. The predicted octanol–water partition coefficient (Wildman–Crippen LogP) is 3.22. The Bertz CT molecular complexity index is 1310. The molecule has 4 aromatic rings. The van der Waals surface area contributed by atoms with Gasteiger partial charge >= 0.3 is 5.69 Å². The topological polar surface area (TPSA) is 84.0 Å². The van der Waals surface area contributed by atoms with Crippen molar-refractivity contribution in [2.75, 3.05) is 6.54 Å². The number of aromatic nitrogens is 2. The molecule has 0 unspecified atom stereocenters. The van der Waals surface area contributed by atoms with Crippen LogP contribution in [0.3, 0.4) is 0 Å². The summed E-state index contributed by atoms with van der Waals surface area (Å²) in [5.41, 5.74) is 1.47. The van der Waals surface area contributed by atoms with Crippen LogP contribution in [0.25, 0.3) is 10.9 Å². The number of amides is 1. The third-order valence-electron chi connectivity index (χ3n) is 5.51. The lowest BCUT2D eigenvalue weighted by atomic mass is 10.0. The minimum atomic E-state index is -0.949. The Balaban J connectivity index is 1.59. The average Bonchev–Trinajstić information content (AvgIpc) is 2.82. The van der Waals surface area contributed by atoms with E-state index in [1.54, 1.807) is 24.3 Å². The van der Waals surface area contributed by atoms with Crippen LogP contribution in [0.4, 0.5) is 0 Å².